The summed E-state index contributed by atoms with van der Waals surface area (Å²) in [6.07, 6.45) is 3.14. The molecule has 2 atom stereocenters. The van der Waals surface area contributed by atoms with Gasteiger partial charge in [-0.15, -0.1) is 0 Å². The van der Waals surface area contributed by atoms with E-state index in [9.17, 15) is 0 Å². The fourth-order valence-electron chi connectivity index (χ4n) is 1.92. The molecule has 2 unspecified atom stereocenters. The molecule has 0 aromatic carbocycles. The van der Waals surface area contributed by atoms with Crippen molar-refractivity contribution in [2.45, 2.75) is 45.2 Å². The molecule has 0 saturated carbocycles. The summed E-state index contributed by atoms with van der Waals surface area (Å²) in [5, 5.41) is 1.04. The highest BCUT2D eigenvalue weighted by Gasteiger charge is 2.29. The number of aryl methyl sites for hydroxylation is 1. The standard InChI is InChI=1S/C10H18N4S/c1-3-4-9-12-10(15-13-9)14-6-5-8(11)7(14)2/h7-8H,3-6,11H2,1-2H3. The van der Waals surface area contributed by atoms with E-state index in [-0.39, 0.29) is 6.04 Å². The van der Waals surface area contributed by atoms with Gasteiger partial charge in [-0.3, -0.25) is 0 Å². The third kappa shape index (κ3) is 2.13. The number of nitrogens with two attached hydrogens (primary N) is 1. The molecule has 15 heavy (non-hydrogen) atoms. The van der Waals surface area contributed by atoms with Gasteiger partial charge in [0.05, 0.1) is 0 Å². The second-order valence-electron chi connectivity index (χ2n) is 4.13. The summed E-state index contributed by atoms with van der Waals surface area (Å²) in [7, 11) is 0. The van der Waals surface area contributed by atoms with Crippen molar-refractivity contribution >= 4 is 16.7 Å². The van der Waals surface area contributed by atoms with Crippen LogP contribution in [-0.4, -0.2) is 28.0 Å². The van der Waals surface area contributed by atoms with E-state index in [4.69, 9.17) is 5.73 Å². The second kappa shape index (κ2) is 4.45. The van der Waals surface area contributed by atoms with Gasteiger partial charge in [-0.05, 0) is 19.8 Å². The van der Waals surface area contributed by atoms with Crippen molar-refractivity contribution < 1.29 is 0 Å². The van der Waals surface area contributed by atoms with Gasteiger partial charge >= 0.3 is 0 Å². The van der Waals surface area contributed by atoms with Crippen molar-refractivity contribution in [2.75, 3.05) is 11.4 Å². The largest absolute Gasteiger partial charge is 0.343 e. The zero-order valence-electron chi connectivity index (χ0n) is 9.31. The van der Waals surface area contributed by atoms with E-state index in [0.29, 0.717) is 6.04 Å². The first kappa shape index (κ1) is 10.8. The molecule has 1 aromatic heterocycles. The molecule has 1 aliphatic heterocycles. The van der Waals surface area contributed by atoms with E-state index >= 15 is 0 Å². The molecule has 4 nitrogen and oxygen atoms in total. The molecule has 84 valence electrons. The monoisotopic (exact) mass is 226 g/mol. The molecule has 1 aliphatic rings. The van der Waals surface area contributed by atoms with Crippen LogP contribution in [0, 0.1) is 0 Å². The van der Waals surface area contributed by atoms with Crippen molar-refractivity contribution in [3.8, 4) is 0 Å². The Morgan fingerprint density at radius 2 is 2.40 bits per heavy atom. The van der Waals surface area contributed by atoms with Crippen molar-refractivity contribution in [2.24, 2.45) is 5.73 Å². The zero-order valence-corrected chi connectivity index (χ0v) is 10.1. The molecule has 2 heterocycles. The van der Waals surface area contributed by atoms with Crippen molar-refractivity contribution in [3.05, 3.63) is 5.82 Å². The molecule has 1 aromatic rings. The van der Waals surface area contributed by atoms with E-state index in [1.54, 1.807) is 0 Å². The summed E-state index contributed by atoms with van der Waals surface area (Å²) in [6, 6.07) is 0.677. The Kier molecular flexibility index (Phi) is 3.21. The lowest BCUT2D eigenvalue weighted by Gasteiger charge is -2.21. The maximum Gasteiger partial charge on any atom is 0.205 e. The summed E-state index contributed by atoms with van der Waals surface area (Å²) in [5.41, 5.74) is 5.99. The molecule has 0 radical (unpaired) electrons. The molecule has 0 aliphatic carbocycles. The van der Waals surface area contributed by atoms with Crippen LogP contribution in [0.25, 0.3) is 0 Å². The topological polar surface area (TPSA) is 55.0 Å². The second-order valence-corrected chi connectivity index (χ2v) is 4.86. The van der Waals surface area contributed by atoms with Gasteiger partial charge in [0.2, 0.25) is 5.13 Å². The van der Waals surface area contributed by atoms with Gasteiger partial charge in [0.1, 0.15) is 5.82 Å². The molecular formula is C10H18N4S. The van der Waals surface area contributed by atoms with E-state index in [2.05, 4.69) is 28.1 Å². The Balaban J connectivity index is 2.09. The summed E-state index contributed by atoms with van der Waals surface area (Å²) < 4.78 is 4.36. The van der Waals surface area contributed by atoms with Crippen LogP contribution in [0.4, 0.5) is 5.13 Å². The van der Waals surface area contributed by atoms with Crippen molar-refractivity contribution in [1.82, 2.24) is 9.36 Å². The first-order valence-corrected chi connectivity index (χ1v) is 6.34. The lowest BCUT2D eigenvalue weighted by atomic mass is 10.2. The molecule has 1 saturated heterocycles. The number of hydrogen-bond acceptors (Lipinski definition) is 5. The number of hydrogen-bond donors (Lipinski definition) is 1. The van der Waals surface area contributed by atoms with Gasteiger partial charge in [0.25, 0.3) is 0 Å². The van der Waals surface area contributed by atoms with Crippen molar-refractivity contribution in [3.63, 3.8) is 0 Å². The maximum absolute atomic E-state index is 5.99. The van der Waals surface area contributed by atoms with Crippen LogP contribution < -0.4 is 10.6 Å². The number of nitrogens with zero attached hydrogens (tertiary/aromatic N) is 3. The van der Waals surface area contributed by atoms with Gasteiger partial charge in [0, 0.05) is 36.6 Å². The van der Waals surface area contributed by atoms with Crippen LogP contribution in [0.1, 0.15) is 32.5 Å². The smallest absolute Gasteiger partial charge is 0.205 e. The molecule has 2 rings (SSSR count). The average Bonchev–Trinajstić information content (AvgIpc) is 2.77. The van der Waals surface area contributed by atoms with Crippen LogP contribution in [0.5, 0.6) is 0 Å². The van der Waals surface area contributed by atoms with Crippen molar-refractivity contribution in [1.29, 1.82) is 0 Å². The highest BCUT2D eigenvalue weighted by Crippen LogP contribution is 2.26. The van der Waals surface area contributed by atoms with Gasteiger partial charge in [-0.2, -0.15) is 4.37 Å². The number of rotatable bonds is 3. The van der Waals surface area contributed by atoms with E-state index in [0.717, 1.165) is 36.8 Å². The zero-order chi connectivity index (χ0) is 10.8. The minimum Gasteiger partial charge on any atom is -0.343 e. The summed E-state index contributed by atoms with van der Waals surface area (Å²) in [5.74, 6) is 0.977. The van der Waals surface area contributed by atoms with Gasteiger partial charge < -0.3 is 10.6 Å². The summed E-state index contributed by atoms with van der Waals surface area (Å²) >= 11 is 1.50. The SMILES string of the molecule is CCCc1nsc(N2CCC(N)C2C)n1. The Morgan fingerprint density at radius 1 is 1.60 bits per heavy atom. The summed E-state index contributed by atoms with van der Waals surface area (Å²) in [6.45, 7) is 5.33. The minimum absolute atomic E-state index is 0.281. The lowest BCUT2D eigenvalue weighted by Crippen LogP contribution is -2.36. The van der Waals surface area contributed by atoms with Crippen LogP contribution in [0.2, 0.25) is 0 Å². The quantitative estimate of drug-likeness (QED) is 0.847. The molecular weight excluding hydrogens is 208 g/mol. The predicted octanol–water partition coefficient (Wildman–Crippen LogP) is 1.42. The first-order valence-electron chi connectivity index (χ1n) is 5.57. The molecule has 2 N–H and O–H groups in total. The molecule has 1 fully saturated rings. The Labute approximate surface area is 94.7 Å². The van der Waals surface area contributed by atoms with Crippen LogP contribution in [0.15, 0.2) is 0 Å². The fraction of sp³-hybridized carbons (Fsp3) is 0.800. The van der Waals surface area contributed by atoms with Gasteiger partial charge in [-0.1, -0.05) is 6.92 Å². The summed E-state index contributed by atoms with van der Waals surface area (Å²) in [4.78, 5) is 6.82. The maximum atomic E-state index is 5.99. The van der Waals surface area contributed by atoms with Gasteiger partial charge in [-0.25, -0.2) is 4.98 Å². The molecule has 5 heteroatoms. The van der Waals surface area contributed by atoms with E-state index in [1.165, 1.54) is 11.5 Å². The highest BCUT2D eigenvalue weighted by atomic mass is 32.1. The van der Waals surface area contributed by atoms with Gasteiger partial charge in [0.15, 0.2) is 0 Å². The highest BCUT2D eigenvalue weighted by molar-refractivity contribution is 7.09. The minimum atomic E-state index is 0.281. The first-order chi connectivity index (χ1) is 7.22. The Bertz CT molecular complexity index is 325. The van der Waals surface area contributed by atoms with Crippen LogP contribution in [0.3, 0.4) is 0 Å². The fourth-order valence-corrected chi connectivity index (χ4v) is 2.75. The number of anilines is 1. The third-order valence-corrected chi connectivity index (χ3v) is 3.78. The van der Waals surface area contributed by atoms with E-state index in [1.807, 2.05) is 0 Å². The molecule has 0 amide bonds. The van der Waals surface area contributed by atoms with Crippen LogP contribution >= 0.6 is 11.5 Å². The number of aromatic nitrogens is 2. The molecule has 0 bridgehead atoms. The third-order valence-electron chi connectivity index (χ3n) is 2.99. The molecule has 0 spiro atoms. The predicted molar refractivity (Wildman–Crippen MR) is 63.3 cm³/mol. The Hall–Kier alpha value is -0.680. The van der Waals surface area contributed by atoms with E-state index < -0.39 is 0 Å². The Morgan fingerprint density at radius 3 is 3.00 bits per heavy atom. The normalized spacial score (nSPS) is 26.2. The lowest BCUT2D eigenvalue weighted by molar-refractivity contribution is 0.623. The van der Waals surface area contributed by atoms with Crippen LogP contribution in [-0.2, 0) is 6.42 Å². The average molecular weight is 226 g/mol.